The van der Waals surface area contributed by atoms with Crippen LogP contribution in [0, 0.1) is 0 Å². The number of hydrogen-bond donors (Lipinski definition) is 1. The monoisotopic (exact) mass is 371 g/mol. The van der Waals surface area contributed by atoms with E-state index in [0.717, 1.165) is 29.3 Å². The number of rotatable bonds is 7. The van der Waals surface area contributed by atoms with Crippen LogP contribution in [-0.4, -0.2) is 48.8 Å². The number of nitrogens with zero attached hydrogens (tertiary/aromatic N) is 4. The van der Waals surface area contributed by atoms with Crippen molar-refractivity contribution >= 4 is 39.7 Å². The molecule has 2 heterocycles. The first-order valence-electron chi connectivity index (χ1n) is 9.10. The van der Waals surface area contributed by atoms with Crippen molar-refractivity contribution in [2.45, 2.75) is 57.8 Å². The summed E-state index contributed by atoms with van der Waals surface area (Å²) in [5, 5.41) is 10.0. The minimum absolute atomic E-state index is 0.124. The fourth-order valence-electron chi connectivity index (χ4n) is 3.09. The Kier molecular flexibility index (Phi) is 5.76. The van der Waals surface area contributed by atoms with Crippen molar-refractivity contribution in [3.05, 3.63) is 24.3 Å². The molecular weight excluding hydrogens is 346 g/mol. The van der Waals surface area contributed by atoms with E-state index in [1.54, 1.807) is 0 Å². The van der Waals surface area contributed by atoms with E-state index in [4.69, 9.17) is 0 Å². The fraction of sp³-hybridized carbons (Fsp3) is 0.474. The van der Waals surface area contributed by atoms with Crippen LogP contribution < -0.4 is 0 Å². The molecule has 138 valence electrons. The third kappa shape index (κ3) is 3.67. The lowest BCUT2D eigenvalue weighted by Gasteiger charge is -2.33. The van der Waals surface area contributed by atoms with Gasteiger partial charge in [0.1, 0.15) is 5.52 Å². The molecule has 2 aromatic heterocycles. The van der Waals surface area contributed by atoms with Gasteiger partial charge in [-0.25, -0.2) is 4.98 Å². The summed E-state index contributed by atoms with van der Waals surface area (Å²) in [6.07, 6.45) is 1.89. The SMILES string of the molecule is CC[C@H](C)N(C(=O)CSc1nnc2c(n1)[nH]c1ccccc12)[C@@H](C)CC. The zero-order chi connectivity index (χ0) is 18.7. The van der Waals surface area contributed by atoms with E-state index in [-0.39, 0.29) is 18.0 Å². The molecule has 0 spiro atoms. The Bertz CT molecular complexity index is 899. The molecule has 6 nitrogen and oxygen atoms in total. The van der Waals surface area contributed by atoms with Gasteiger partial charge in [0.25, 0.3) is 0 Å². The lowest BCUT2D eigenvalue weighted by atomic mass is 10.1. The summed E-state index contributed by atoms with van der Waals surface area (Å²) in [7, 11) is 0. The maximum absolute atomic E-state index is 12.7. The van der Waals surface area contributed by atoms with Gasteiger partial charge in [-0.15, -0.1) is 10.2 Å². The zero-order valence-electron chi connectivity index (χ0n) is 15.7. The zero-order valence-corrected chi connectivity index (χ0v) is 16.5. The highest BCUT2D eigenvalue weighted by molar-refractivity contribution is 7.99. The Morgan fingerprint density at radius 2 is 1.85 bits per heavy atom. The molecule has 2 atom stereocenters. The molecule has 26 heavy (non-hydrogen) atoms. The number of carbonyl (C=O) groups excluding carboxylic acids is 1. The summed E-state index contributed by atoms with van der Waals surface area (Å²) in [5.41, 5.74) is 2.45. The van der Waals surface area contributed by atoms with Gasteiger partial charge in [-0.2, -0.15) is 0 Å². The van der Waals surface area contributed by atoms with Crippen molar-refractivity contribution in [3.63, 3.8) is 0 Å². The Labute approximate surface area is 157 Å². The van der Waals surface area contributed by atoms with Crippen LogP contribution in [0.1, 0.15) is 40.5 Å². The molecule has 1 N–H and O–H groups in total. The topological polar surface area (TPSA) is 74.8 Å². The van der Waals surface area contributed by atoms with Gasteiger partial charge in [-0.3, -0.25) is 4.79 Å². The normalized spacial score (nSPS) is 13.8. The lowest BCUT2D eigenvalue weighted by Crippen LogP contribution is -2.45. The van der Waals surface area contributed by atoms with Gasteiger partial charge in [0.05, 0.1) is 5.75 Å². The number of thioether (sulfide) groups is 1. The van der Waals surface area contributed by atoms with Crippen LogP contribution in [0.3, 0.4) is 0 Å². The van der Waals surface area contributed by atoms with Crippen LogP contribution in [0.2, 0.25) is 0 Å². The van der Waals surface area contributed by atoms with Gasteiger partial charge in [-0.1, -0.05) is 43.8 Å². The van der Waals surface area contributed by atoms with E-state index < -0.39 is 0 Å². The van der Waals surface area contributed by atoms with Crippen LogP contribution in [0.15, 0.2) is 29.4 Å². The Hall–Kier alpha value is -2.15. The number of hydrogen-bond acceptors (Lipinski definition) is 5. The van der Waals surface area contributed by atoms with Crippen LogP contribution in [0.4, 0.5) is 0 Å². The predicted molar refractivity (Wildman–Crippen MR) is 106 cm³/mol. The third-order valence-electron chi connectivity index (χ3n) is 4.85. The van der Waals surface area contributed by atoms with Crippen molar-refractivity contribution in [1.82, 2.24) is 25.1 Å². The van der Waals surface area contributed by atoms with Crippen molar-refractivity contribution in [2.75, 3.05) is 5.75 Å². The van der Waals surface area contributed by atoms with Crippen LogP contribution in [0.5, 0.6) is 0 Å². The van der Waals surface area contributed by atoms with Crippen molar-refractivity contribution in [2.24, 2.45) is 0 Å². The first-order valence-corrected chi connectivity index (χ1v) is 10.1. The fourth-order valence-corrected chi connectivity index (χ4v) is 3.74. The summed E-state index contributed by atoms with van der Waals surface area (Å²) in [6.45, 7) is 8.42. The Balaban J connectivity index is 1.76. The maximum Gasteiger partial charge on any atom is 0.233 e. The molecule has 3 aromatic rings. The minimum atomic E-state index is 0.124. The lowest BCUT2D eigenvalue weighted by molar-refractivity contribution is -0.132. The number of benzene rings is 1. The summed E-state index contributed by atoms with van der Waals surface area (Å²) in [6, 6.07) is 8.39. The molecule has 0 aliphatic carbocycles. The van der Waals surface area contributed by atoms with Crippen molar-refractivity contribution < 1.29 is 4.79 Å². The highest BCUT2D eigenvalue weighted by Crippen LogP contribution is 2.24. The second-order valence-electron chi connectivity index (χ2n) is 6.57. The number of para-hydroxylation sites is 1. The number of aromatic nitrogens is 4. The molecule has 0 fully saturated rings. The first kappa shape index (κ1) is 18.6. The summed E-state index contributed by atoms with van der Waals surface area (Å²) in [4.78, 5) is 22.5. The Morgan fingerprint density at radius 3 is 2.54 bits per heavy atom. The number of amides is 1. The molecule has 3 rings (SSSR count). The van der Waals surface area contributed by atoms with E-state index >= 15 is 0 Å². The number of aromatic amines is 1. The Morgan fingerprint density at radius 1 is 1.15 bits per heavy atom. The second-order valence-corrected chi connectivity index (χ2v) is 7.51. The van der Waals surface area contributed by atoms with Crippen LogP contribution >= 0.6 is 11.8 Å². The van der Waals surface area contributed by atoms with E-state index in [9.17, 15) is 4.79 Å². The van der Waals surface area contributed by atoms with Gasteiger partial charge in [0, 0.05) is 23.0 Å². The molecule has 0 aliphatic heterocycles. The van der Waals surface area contributed by atoms with E-state index in [1.165, 1.54) is 11.8 Å². The summed E-state index contributed by atoms with van der Waals surface area (Å²) < 4.78 is 0. The van der Waals surface area contributed by atoms with Crippen molar-refractivity contribution in [3.8, 4) is 0 Å². The standard InChI is InChI=1S/C19H25N5OS/c1-5-12(3)24(13(4)6-2)16(25)11-26-19-21-18-17(22-23-19)14-9-7-8-10-15(14)20-18/h7-10,12-13H,5-6,11H2,1-4H3,(H,20,21,23)/t12-,13-/m0/s1. The van der Waals surface area contributed by atoms with Crippen molar-refractivity contribution in [1.29, 1.82) is 0 Å². The van der Waals surface area contributed by atoms with E-state index in [2.05, 4.69) is 47.9 Å². The van der Waals surface area contributed by atoms with Gasteiger partial charge in [-0.05, 0) is 32.8 Å². The molecular formula is C19H25N5OS. The average Bonchev–Trinajstić information content (AvgIpc) is 3.03. The van der Waals surface area contributed by atoms with Gasteiger partial charge in [0.2, 0.25) is 11.1 Å². The minimum Gasteiger partial charge on any atom is -0.338 e. The highest BCUT2D eigenvalue weighted by atomic mass is 32.2. The molecule has 0 unspecified atom stereocenters. The molecule has 0 radical (unpaired) electrons. The van der Waals surface area contributed by atoms with Gasteiger partial charge >= 0.3 is 0 Å². The van der Waals surface area contributed by atoms with E-state index in [1.807, 2.05) is 29.2 Å². The number of carbonyl (C=O) groups is 1. The second kappa shape index (κ2) is 8.03. The van der Waals surface area contributed by atoms with E-state index in [0.29, 0.717) is 16.6 Å². The molecule has 0 saturated heterocycles. The molecule has 7 heteroatoms. The molecule has 0 saturated carbocycles. The smallest absolute Gasteiger partial charge is 0.233 e. The highest BCUT2D eigenvalue weighted by Gasteiger charge is 2.23. The van der Waals surface area contributed by atoms with Crippen LogP contribution in [0.25, 0.3) is 22.1 Å². The van der Waals surface area contributed by atoms with Crippen LogP contribution in [-0.2, 0) is 4.79 Å². The summed E-state index contributed by atoms with van der Waals surface area (Å²) in [5.74, 6) is 0.446. The molecule has 0 bridgehead atoms. The molecule has 1 aromatic carbocycles. The van der Waals surface area contributed by atoms with Gasteiger partial charge in [0.15, 0.2) is 5.65 Å². The maximum atomic E-state index is 12.7. The summed E-state index contributed by atoms with van der Waals surface area (Å²) >= 11 is 1.34. The molecule has 1 amide bonds. The number of nitrogens with one attached hydrogen (secondary N) is 1. The third-order valence-corrected chi connectivity index (χ3v) is 5.67. The number of fused-ring (bicyclic) bond motifs is 3. The largest absolute Gasteiger partial charge is 0.338 e. The van der Waals surface area contributed by atoms with Gasteiger partial charge < -0.3 is 9.88 Å². The number of H-pyrrole nitrogens is 1. The first-order chi connectivity index (χ1) is 12.5. The average molecular weight is 372 g/mol. The predicted octanol–water partition coefficient (Wildman–Crippen LogP) is 4.02. The molecule has 0 aliphatic rings. The quantitative estimate of drug-likeness (QED) is 0.635.